The Morgan fingerprint density at radius 1 is 0.952 bits per heavy atom. The summed E-state index contributed by atoms with van der Waals surface area (Å²) in [6, 6.07) is 18.1. The third kappa shape index (κ3) is 4.93. The van der Waals surface area contributed by atoms with Gasteiger partial charge in [0.1, 0.15) is 0 Å². The largest absolute Gasteiger partial charge is 0.383 e. The second-order valence-electron chi connectivity index (χ2n) is 6.35. The van der Waals surface area contributed by atoms with E-state index in [1.54, 1.807) is 0 Å². The minimum absolute atomic E-state index is 0.480. The van der Waals surface area contributed by atoms with Gasteiger partial charge >= 0.3 is 0 Å². The van der Waals surface area contributed by atoms with Crippen LogP contribution in [0, 0.1) is 6.92 Å². The molecule has 1 atom stereocenters. The van der Waals surface area contributed by atoms with Crippen LogP contribution in [0.1, 0.15) is 49.8 Å². The van der Waals surface area contributed by atoms with Crippen molar-refractivity contribution in [3.05, 3.63) is 65.2 Å². The van der Waals surface area contributed by atoms with Gasteiger partial charge in [-0.25, -0.2) is 0 Å². The molecule has 112 valence electrons. The maximum atomic E-state index is 3.62. The molecule has 0 heterocycles. The van der Waals surface area contributed by atoms with Crippen LogP contribution in [0.5, 0.6) is 0 Å². The van der Waals surface area contributed by atoms with Crippen LogP contribution in [0.3, 0.4) is 0 Å². The van der Waals surface area contributed by atoms with Gasteiger partial charge in [-0.05, 0) is 55.9 Å². The number of hydrogen-bond acceptors (Lipinski definition) is 1. The van der Waals surface area contributed by atoms with E-state index in [2.05, 4.69) is 81.5 Å². The average molecular weight is 281 g/mol. The summed E-state index contributed by atoms with van der Waals surface area (Å²) < 4.78 is 0. The van der Waals surface area contributed by atoms with Crippen molar-refractivity contribution in [1.29, 1.82) is 0 Å². The first kappa shape index (κ1) is 15.6. The molecule has 2 aromatic carbocycles. The summed E-state index contributed by atoms with van der Waals surface area (Å²) in [5.41, 5.74) is 5.40. The van der Waals surface area contributed by atoms with Crippen molar-refractivity contribution in [2.24, 2.45) is 0 Å². The van der Waals surface area contributed by atoms with Gasteiger partial charge in [-0.2, -0.15) is 0 Å². The summed E-state index contributed by atoms with van der Waals surface area (Å²) in [5.74, 6) is 0.578. The Morgan fingerprint density at radius 3 is 2.43 bits per heavy atom. The highest BCUT2D eigenvalue weighted by Crippen LogP contribution is 2.19. The number of anilines is 1. The molecule has 0 aromatic heterocycles. The van der Waals surface area contributed by atoms with Crippen LogP contribution >= 0.6 is 0 Å². The van der Waals surface area contributed by atoms with Gasteiger partial charge in [-0.1, -0.05) is 55.8 Å². The van der Waals surface area contributed by atoms with Crippen LogP contribution in [0.4, 0.5) is 5.69 Å². The number of aryl methyl sites for hydroxylation is 2. The quantitative estimate of drug-likeness (QED) is 0.731. The minimum atomic E-state index is 0.480. The van der Waals surface area contributed by atoms with Crippen molar-refractivity contribution < 1.29 is 0 Å². The smallest absolute Gasteiger partial charge is 0.0345 e. The second-order valence-corrected chi connectivity index (χ2v) is 6.35. The van der Waals surface area contributed by atoms with E-state index < -0.39 is 0 Å². The third-order valence-electron chi connectivity index (χ3n) is 3.91. The Morgan fingerprint density at radius 2 is 1.71 bits per heavy atom. The standard InChI is InChI=1S/C20H27N/c1-15(2)19-9-6-10-20(14-19)21-17(4)11-12-18-8-5-7-16(3)13-18/h5-10,13-15,17,21H,11-12H2,1-4H3. The summed E-state index contributed by atoms with van der Waals surface area (Å²) in [4.78, 5) is 0. The Labute approximate surface area is 129 Å². The molecule has 1 nitrogen and oxygen atoms in total. The minimum Gasteiger partial charge on any atom is -0.383 e. The number of nitrogens with one attached hydrogen (secondary N) is 1. The number of rotatable bonds is 6. The predicted molar refractivity (Wildman–Crippen MR) is 93.1 cm³/mol. The van der Waals surface area contributed by atoms with Crippen LogP contribution in [-0.2, 0) is 6.42 Å². The van der Waals surface area contributed by atoms with Gasteiger partial charge in [0.05, 0.1) is 0 Å². The normalized spacial score (nSPS) is 12.4. The van der Waals surface area contributed by atoms with Crippen LogP contribution in [-0.4, -0.2) is 6.04 Å². The molecule has 0 saturated heterocycles. The van der Waals surface area contributed by atoms with Gasteiger partial charge < -0.3 is 5.32 Å². The summed E-state index contributed by atoms with van der Waals surface area (Å²) in [7, 11) is 0. The van der Waals surface area contributed by atoms with Gasteiger partial charge in [0.2, 0.25) is 0 Å². The molecule has 0 saturated carbocycles. The predicted octanol–water partition coefficient (Wildman–Crippen LogP) is 5.55. The van der Waals surface area contributed by atoms with E-state index in [1.165, 1.54) is 22.4 Å². The molecule has 0 spiro atoms. The lowest BCUT2D eigenvalue weighted by Crippen LogP contribution is -2.16. The summed E-state index contributed by atoms with van der Waals surface area (Å²) in [6.07, 6.45) is 2.27. The van der Waals surface area contributed by atoms with Crippen molar-refractivity contribution in [3.63, 3.8) is 0 Å². The van der Waals surface area contributed by atoms with Gasteiger partial charge in [-0.15, -0.1) is 0 Å². The maximum absolute atomic E-state index is 3.62. The van der Waals surface area contributed by atoms with E-state index in [9.17, 15) is 0 Å². The van der Waals surface area contributed by atoms with Crippen molar-refractivity contribution in [2.45, 2.75) is 52.5 Å². The van der Waals surface area contributed by atoms with Gasteiger partial charge in [0.25, 0.3) is 0 Å². The van der Waals surface area contributed by atoms with Gasteiger partial charge in [-0.3, -0.25) is 0 Å². The molecular weight excluding hydrogens is 254 g/mol. The molecule has 2 rings (SSSR count). The zero-order valence-electron chi connectivity index (χ0n) is 13.7. The van der Waals surface area contributed by atoms with Crippen molar-refractivity contribution in [1.82, 2.24) is 0 Å². The monoisotopic (exact) mass is 281 g/mol. The zero-order valence-corrected chi connectivity index (χ0v) is 13.7. The molecule has 0 amide bonds. The zero-order chi connectivity index (χ0) is 15.2. The first-order valence-electron chi connectivity index (χ1n) is 7.96. The highest BCUT2D eigenvalue weighted by Gasteiger charge is 2.05. The van der Waals surface area contributed by atoms with Crippen LogP contribution in [0.2, 0.25) is 0 Å². The van der Waals surface area contributed by atoms with E-state index in [1.807, 2.05) is 0 Å². The third-order valence-corrected chi connectivity index (χ3v) is 3.91. The average Bonchev–Trinajstić information content (AvgIpc) is 2.45. The van der Waals surface area contributed by atoms with Crippen molar-refractivity contribution in [2.75, 3.05) is 5.32 Å². The first-order valence-corrected chi connectivity index (χ1v) is 7.96. The van der Waals surface area contributed by atoms with E-state index in [0.717, 1.165) is 12.8 Å². The lowest BCUT2D eigenvalue weighted by atomic mass is 10.0. The highest BCUT2D eigenvalue weighted by molar-refractivity contribution is 5.47. The highest BCUT2D eigenvalue weighted by atomic mass is 14.9. The number of hydrogen-bond donors (Lipinski definition) is 1. The fraction of sp³-hybridized carbons (Fsp3) is 0.400. The van der Waals surface area contributed by atoms with Crippen LogP contribution < -0.4 is 5.32 Å². The molecular formula is C20H27N. The van der Waals surface area contributed by atoms with Crippen LogP contribution in [0.25, 0.3) is 0 Å². The van der Waals surface area contributed by atoms with E-state index in [0.29, 0.717) is 12.0 Å². The molecule has 1 unspecified atom stereocenters. The van der Waals surface area contributed by atoms with Crippen molar-refractivity contribution in [3.8, 4) is 0 Å². The fourth-order valence-corrected chi connectivity index (χ4v) is 2.60. The Kier molecular flexibility index (Phi) is 5.44. The van der Waals surface area contributed by atoms with E-state index in [-0.39, 0.29) is 0 Å². The SMILES string of the molecule is Cc1cccc(CCC(C)Nc2cccc(C(C)C)c2)c1. The molecule has 0 bridgehead atoms. The molecule has 1 N–H and O–H groups in total. The summed E-state index contributed by atoms with van der Waals surface area (Å²) >= 11 is 0. The number of benzene rings is 2. The lowest BCUT2D eigenvalue weighted by molar-refractivity contribution is 0.705. The lowest BCUT2D eigenvalue weighted by Gasteiger charge is -2.17. The van der Waals surface area contributed by atoms with Gasteiger partial charge in [0, 0.05) is 11.7 Å². The van der Waals surface area contributed by atoms with E-state index in [4.69, 9.17) is 0 Å². The fourth-order valence-electron chi connectivity index (χ4n) is 2.60. The Hall–Kier alpha value is -1.76. The molecule has 0 aliphatic rings. The van der Waals surface area contributed by atoms with Crippen LogP contribution in [0.15, 0.2) is 48.5 Å². The molecule has 0 aliphatic carbocycles. The molecule has 0 fully saturated rings. The Bertz CT molecular complexity index is 572. The first-order chi connectivity index (χ1) is 10.0. The summed E-state index contributed by atoms with van der Waals surface area (Å²) in [6.45, 7) is 8.89. The molecule has 0 aliphatic heterocycles. The summed E-state index contributed by atoms with van der Waals surface area (Å²) in [5, 5.41) is 3.62. The molecule has 2 aromatic rings. The molecule has 21 heavy (non-hydrogen) atoms. The molecule has 0 radical (unpaired) electrons. The Balaban J connectivity index is 1.89. The maximum Gasteiger partial charge on any atom is 0.0345 e. The van der Waals surface area contributed by atoms with E-state index >= 15 is 0 Å². The van der Waals surface area contributed by atoms with Crippen molar-refractivity contribution >= 4 is 5.69 Å². The van der Waals surface area contributed by atoms with Gasteiger partial charge in [0.15, 0.2) is 0 Å². The molecule has 1 heteroatoms. The topological polar surface area (TPSA) is 12.0 Å². The second kappa shape index (κ2) is 7.31.